The number of benzene rings is 1. The standard InChI is InChI=1S/C49H69N9O8/c1-28(2)7-6-8-29(3)36-15-16-37-35-14-11-31-25-34(19-21-48(31,4)38(35)20-22-49(36,37)5)66-47(64)51-23-24-65-58-40(59)18-17-39(45(62)63)55-43(60)30-9-12-32(13-10-30)52-26-33-27-53-42-41(54-33)44(61)57-46(50)56-42/h9-13,27-29,34-39,52H,6-8,14-26H2,1-5H3,(H,51,64)(H,55,60)(H,58,59)(H,62,63)(H3,50,53,56,57,61)/t29-,34+,35+,36-,37+,38+,39?,48+,49-/m1/s1. The van der Waals surface area contributed by atoms with Gasteiger partial charge in [-0.05, 0) is 122 Å². The van der Waals surface area contributed by atoms with Crippen LogP contribution in [0.2, 0.25) is 0 Å². The number of nitrogens with two attached hydrogens (primary N) is 1. The number of alkyl carbamates (subject to hydrolysis) is 1. The van der Waals surface area contributed by atoms with Crippen molar-refractivity contribution in [3.05, 3.63) is 63.7 Å². The molecule has 3 fully saturated rings. The summed E-state index contributed by atoms with van der Waals surface area (Å²) < 4.78 is 5.88. The first kappa shape index (κ1) is 48.4. The predicted octanol–water partition coefficient (Wildman–Crippen LogP) is 7.05. The van der Waals surface area contributed by atoms with Crippen LogP contribution in [0.1, 0.15) is 134 Å². The second kappa shape index (κ2) is 20.9. The average molecular weight is 912 g/mol. The third-order valence-electron chi connectivity index (χ3n) is 15.6. The molecule has 2 heterocycles. The lowest BCUT2D eigenvalue weighted by atomic mass is 9.47. The number of carbonyl (C=O) groups excluding carboxylic acids is 3. The fraction of sp³-hybridized carbons (Fsp3) is 0.633. The van der Waals surface area contributed by atoms with Gasteiger partial charge in [0.05, 0.1) is 25.0 Å². The fourth-order valence-electron chi connectivity index (χ4n) is 12.1. The number of allylic oxidation sites excluding steroid dienone is 1. The van der Waals surface area contributed by atoms with Crippen LogP contribution in [0, 0.1) is 46.3 Å². The van der Waals surface area contributed by atoms with E-state index in [0.717, 1.165) is 55.3 Å². The largest absolute Gasteiger partial charge is 0.480 e. The maximum atomic E-state index is 12.9. The number of rotatable bonds is 19. The number of aromatic amines is 1. The van der Waals surface area contributed by atoms with Gasteiger partial charge in [0, 0.05) is 30.6 Å². The lowest BCUT2D eigenvalue weighted by molar-refractivity contribution is -0.140. The van der Waals surface area contributed by atoms with Gasteiger partial charge in [-0.3, -0.25) is 24.2 Å². The van der Waals surface area contributed by atoms with Gasteiger partial charge in [-0.25, -0.2) is 25.0 Å². The highest BCUT2D eigenvalue weighted by Crippen LogP contribution is 2.67. The Kier molecular flexibility index (Phi) is 15.3. The number of ether oxygens (including phenoxy) is 1. The number of hydrogen-bond acceptors (Lipinski definition) is 12. The molecule has 1 unspecified atom stereocenters. The summed E-state index contributed by atoms with van der Waals surface area (Å²) in [6.07, 6.45) is 16.0. The van der Waals surface area contributed by atoms with E-state index in [2.05, 4.69) is 82.1 Å². The molecule has 0 spiro atoms. The molecule has 7 rings (SSSR count). The van der Waals surface area contributed by atoms with Gasteiger partial charge >= 0.3 is 12.1 Å². The molecule has 0 aliphatic heterocycles. The number of nitrogens with one attached hydrogen (secondary N) is 5. The van der Waals surface area contributed by atoms with Gasteiger partial charge in [-0.15, -0.1) is 0 Å². The minimum atomic E-state index is -1.34. The Morgan fingerprint density at radius 3 is 2.53 bits per heavy atom. The molecule has 3 saturated carbocycles. The van der Waals surface area contributed by atoms with E-state index in [-0.39, 0.29) is 66.7 Å². The third-order valence-corrected chi connectivity index (χ3v) is 15.6. The number of aromatic nitrogens is 4. The van der Waals surface area contributed by atoms with Crippen LogP contribution in [0.25, 0.3) is 11.2 Å². The van der Waals surface area contributed by atoms with Gasteiger partial charge in [0.25, 0.3) is 11.5 Å². The molecule has 9 atom stereocenters. The van der Waals surface area contributed by atoms with Crippen molar-refractivity contribution in [3.63, 3.8) is 0 Å². The zero-order chi connectivity index (χ0) is 47.2. The molecule has 4 aliphatic carbocycles. The number of aliphatic carboxylic acids is 1. The van der Waals surface area contributed by atoms with E-state index in [1.165, 1.54) is 68.8 Å². The van der Waals surface area contributed by atoms with E-state index >= 15 is 0 Å². The summed E-state index contributed by atoms with van der Waals surface area (Å²) in [5, 5.41) is 18.0. The first-order valence-corrected chi connectivity index (χ1v) is 24.0. The lowest BCUT2D eigenvalue weighted by Crippen LogP contribution is -2.51. The molecule has 17 heteroatoms. The molecule has 17 nitrogen and oxygen atoms in total. The van der Waals surface area contributed by atoms with Gasteiger partial charge < -0.3 is 31.5 Å². The number of hydroxylamine groups is 1. The van der Waals surface area contributed by atoms with Gasteiger partial charge in [0.2, 0.25) is 11.9 Å². The third kappa shape index (κ3) is 11.2. The van der Waals surface area contributed by atoms with Crippen LogP contribution >= 0.6 is 0 Å². The predicted molar refractivity (Wildman–Crippen MR) is 250 cm³/mol. The molecule has 3 aromatic rings. The summed E-state index contributed by atoms with van der Waals surface area (Å²) in [5.74, 6) is 2.08. The number of H-pyrrole nitrogens is 1. The minimum Gasteiger partial charge on any atom is -0.480 e. The Bertz CT molecular complexity index is 2320. The van der Waals surface area contributed by atoms with Crippen LogP contribution < -0.4 is 32.7 Å². The summed E-state index contributed by atoms with van der Waals surface area (Å²) in [6, 6.07) is 4.96. The van der Waals surface area contributed by atoms with E-state index in [0.29, 0.717) is 22.7 Å². The van der Waals surface area contributed by atoms with E-state index in [9.17, 15) is 29.1 Å². The molecule has 0 radical (unpaired) electrons. The number of nitrogens with zero attached hydrogens (tertiary/aromatic N) is 3. The normalized spacial score (nSPS) is 26.5. The second-order valence-electron chi connectivity index (χ2n) is 20.2. The monoisotopic (exact) mass is 912 g/mol. The van der Waals surface area contributed by atoms with Crippen LogP contribution in [0.5, 0.6) is 0 Å². The first-order chi connectivity index (χ1) is 31.5. The lowest BCUT2D eigenvalue weighted by Gasteiger charge is -2.58. The topological polar surface area (TPSA) is 253 Å². The van der Waals surface area contributed by atoms with Crippen molar-refractivity contribution in [2.24, 2.45) is 46.3 Å². The van der Waals surface area contributed by atoms with Crippen molar-refractivity contribution in [2.45, 2.75) is 137 Å². The van der Waals surface area contributed by atoms with E-state index < -0.39 is 35.5 Å². The zero-order valence-corrected chi connectivity index (χ0v) is 39.1. The molecular weight excluding hydrogens is 843 g/mol. The van der Waals surface area contributed by atoms with Crippen molar-refractivity contribution in [1.29, 1.82) is 0 Å². The zero-order valence-electron chi connectivity index (χ0n) is 39.1. The Morgan fingerprint density at radius 1 is 0.985 bits per heavy atom. The SMILES string of the molecule is CC(C)CCC[C@@H](C)[C@H]1CC[C@H]2[C@@H]3CC=C4C[C@@H](OC(=O)NCCONC(=O)CCC(NC(=O)c5ccc(NCc6cnc7nc(N)[nH]c(=O)c7n6)cc5)C(=O)O)CC[C@]4(C)[C@H]3CC[C@]12C. The molecule has 358 valence electrons. The van der Waals surface area contributed by atoms with Gasteiger partial charge in [0.1, 0.15) is 12.1 Å². The molecule has 3 amide bonds. The molecule has 66 heavy (non-hydrogen) atoms. The highest BCUT2D eigenvalue weighted by molar-refractivity contribution is 5.97. The van der Waals surface area contributed by atoms with E-state index in [1.807, 2.05) is 0 Å². The number of carbonyl (C=O) groups is 4. The summed E-state index contributed by atoms with van der Waals surface area (Å²) in [6.45, 7) is 12.6. The van der Waals surface area contributed by atoms with Gasteiger partial charge in [-0.2, -0.15) is 4.98 Å². The Balaban J connectivity index is 0.780. The van der Waals surface area contributed by atoms with Crippen LogP contribution in [0.15, 0.2) is 46.9 Å². The van der Waals surface area contributed by atoms with Crippen LogP contribution in [0.4, 0.5) is 16.4 Å². The molecule has 2 aromatic heterocycles. The van der Waals surface area contributed by atoms with Crippen LogP contribution in [-0.2, 0) is 25.7 Å². The first-order valence-electron chi connectivity index (χ1n) is 24.0. The maximum Gasteiger partial charge on any atom is 0.407 e. The van der Waals surface area contributed by atoms with Crippen molar-refractivity contribution in [3.8, 4) is 0 Å². The number of carboxylic acid groups (broad SMARTS) is 1. The molecule has 8 N–H and O–H groups in total. The summed E-state index contributed by atoms with van der Waals surface area (Å²) >= 11 is 0. The number of anilines is 2. The number of fused-ring (bicyclic) bond motifs is 6. The van der Waals surface area contributed by atoms with Crippen molar-refractivity contribution >= 4 is 46.7 Å². The maximum absolute atomic E-state index is 12.9. The smallest absolute Gasteiger partial charge is 0.407 e. The number of hydrogen-bond donors (Lipinski definition) is 7. The van der Waals surface area contributed by atoms with Crippen LogP contribution in [0.3, 0.4) is 0 Å². The average Bonchev–Trinajstić information content (AvgIpc) is 3.64. The summed E-state index contributed by atoms with van der Waals surface area (Å²) in [7, 11) is 0. The molecule has 4 aliphatic rings. The quantitative estimate of drug-likeness (QED) is 0.0362. The molecule has 0 bridgehead atoms. The Morgan fingerprint density at radius 2 is 1.77 bits per heavy atom. The van der Waals surface area contributed by atoms with Crippen molar-refractivity contribution < 1.29 is 33.9 Å². The highest BCUT2D eigenvalue weighted by atomic mass is 16.7. The molecule has 1 aromatic carbocycles. The summed E-state index contributed by atoms with van der Waals surface area (Å²) in [5.41, 5.74) is 10.9. The second-order valence-corrected chi connectivity index (χ2v) is 20.2. The number of nitrogen functional groups attached to an aromatic ring is 1. The number of amides is 3. The summed E-state index contributed by atoms with van der Waals surface area (Å²) in [4.78, 5) is 82.2. The number of carboxylic acids is 1. The highest BCUT2D eigenvalue weighted by Gasteiger charge is 2.59. The van der Waals surface area contributed by atoms with Crippen molar-refractivity contribution in [2.75, 3.05) is 24.2 Å². The van der Waals surface area contributed by atoms with E-state index in [4.69, 9.17) is 15.3 Å². The van der Waals surface area contributed by atoms with Gasteiger partial charge in [-0.1, -0.05) is 65.5 Å². The molecule has 0 saturated heterocycles. The van der Waals surface area contributed by atoms with Crippen molar-refractivity contribution in [1.82, 2.24) is 36.0 Å². The fourth-order valence-corrected chi connectivity index (χ4v) is 12.1. The van der Waals surface area contributed by atoms with E-state index in [1.54, 1.807) is 12.1 Å². The van der Waals surface area contributed by atoms with Crippen LogP contribution in [-0.4, -0.2) is 74.2 Å². The Hall–Kier alpha value is -5.58. The minimum absolute atomic E-state index is 0.0259. The van der Waals surface area contributed by atoms with Gasteiger partial charge in [0.15, 0.2) is 11.2 Å². The Labute approximate surface area is 386 Å². The molecular formula is C49H69N9O8.